The van der Waals surface area contributed by atoms with E-state index in [1.807, 2.05) is 26.0 Å². The first-order chi connectivity index (χ1) is 14.6. The van der Waals surface area contributed by atoms with Gasteiger partial charge in [-0.3, -0.25) is 15.3 Å². The second-order valence-electron chi connectivity index (χ2n) is 8.81. The molecule has 0 bridgehead atoms. The number of carboxylic acid groups (broad SMARTS) is 1. The summed E-state index contributed by atoms with van der Waals surface area (Å²) >= 11 is 4.81. The zero-order valence-electron chi connectivity index (χ0n) is 17.6. The molecular weight excluding hydrogens is 454 g/mol. The van der Waals surface area contributed by atoms with Crippen molar-refractivity contribution in [2.24, 2.45) is 15.4 Å². The summed E-state index contributed by atoms with van der Waals surface area (Å²) in [6.07, 6.45) is -0.705. The van der Waals surface area contributed by atoms with Gasteiger partial charge in [-0.1, -0.05) is 26.0 Å². The zero-order chi connectivity index (χ0) is 22.4. The summed E-state index contributed by atoms with van der Waals surface area (Å²) in [5, 5.41) is 35.9. The number of carbonyl (C=O) groups is 1. The molecule has 4 rings (SSSR count). The molecule has 3 aliphatic heterocycles. The van der Waals surface area contributed by atoms with Gasteiger partial charge in [-0.2, -0.15) is 0 Å². The molecule has 0 saturated carbocycles. The minimum Gasteiger partial charge on any atom is -0.507 e. The molecule has 5 atom stereocenters. The maximum atomic E-state index is 11.5. The Morgan fingerprint density at radius 3 is 2.71 bits per heavy atom. The highest BCUT2D eigenvalue weighted by Crippen LogP contribution is 2.41. The summed E-state index contributed by atoms with van der Waals surface area (Å²) in [4.78, 5) is 20.8. The van der Waals surface area contributed by atoms with E-state index in [-0.39, 0.29) is 23.2 Å². The summed E-state index contributed by atoms with van der Waals surface area (Å²) in [5.74, 6) is 1.24. The van der Waals surface area contributed by atoms with Gasteiger partial charge in [0.15, 0.2) is 5.54 Å². The van der Waals surface area contributed by atoms with Crippen molar-refractivity contribution in [1.82, 2.24) is 5.32 Å². The predicted molar refractivity (Wildman–Crippen MR) is 130 cm³/mol. The maximum Gasteiger partial charge on any atom is 0.332 e. The lowest BCUT2D eigenvalue weighted by Gasteiger charge is -2.34. The number of hydrogen-bond acceptors (Lipinski definition) is 9. The number of phenols is 1. The number of thioether (sulfide) groups is 3. The average Bonchev–Trinajstić information content (AvgIpc) is 3.47. The topological polar surface area (TPSA) is 115 Å². The minimum absolute atomic E-state index is 0.0541. The Bertz CT molecular complexity index is 938. The van der Waals surface area contributed by atoms with E-state index in [9.17, 15) is 20.1 Å². The Hall–Kier alpha value is -1.20. The van der Waals surface area contributed by atoms with Crippen molar-refractivity contribution >= 4 is 51.3 Å². The van der Waals surface area contributed by atoms with Crippen LogP contribution in [0.1, 0.15) is 26.3 Å². The van der Waals surface area contributed by atoms with Gasteiger partial charge in [-0.25, -0.2) is 4.79 Å². The van der Waals surface area contributed by atoms with E-state index in [2.05, 4.69) is 10.3 Å². The van der Waals surface area contributed by atoms with Crippen LogP contribution in [0, 0.1) is 5.41 Å². The normalized spacial score (nSPS) is 32.1. The first-order valence-corrected chi connectivity index (χ1v) is 13.1. The van der Waals surface area contributed by atoms with Crippen molar-refractivity contribution in [1.29, 1.82) is 0 Å². The monoisotopic (exact) mass is 481 g/mol. The van der Waals surface area contributed by atoms with Crippen LogP contribution in [0.5, 0.6) is 5.75 Å². The number of nitrogens with zero attached hydrogens (tertiary/aromatic N) is 2. The van der Waals surface area contributed by atoms with Crippen LogP contribution in [0.4, 0.5) is 0 Å². The second kappa shape index (κ2) is 8.62. The second-order valence-corrected chi connectivity index (χ2v) is 12.0. The van der Waals surface area contributed by atoms with Gasteiger partial charge < -0.3 is 15.3 Å². The third-order valence-corrected chi connectivity index (χ3v) is 10.0. The van der Waals surface area contributed by atoms with E-state index in [0.29, 0.717) is 10.8 Å². The van der Waals surface area contributed by atoms with Gasteiger partial charge in [0.25, 0.3) is 0 Å². The van der Waals surface area contributed by atoms with E-state index in [1.165, 1.54) is 11.8 Å². The van der Waals surface area contributed by atoms with Gasteiger partial charge >= 0.3 is 5.97 Å². The number of aromatic hydroxyl groups is 1. The van der Waals surface area contributed by atoms with Gasteiger partial charge in [0.2, 0.25) is 0 Å². The van der Waals surface area contributed by atoms with Crippen molar-refractivity contribution in [3.8, 4) is 5.75 Å². The summed E-state index contributed by atoms with van der Waals surface area (Å²) < 4.78 is 0. The van der Waals surface area contributed by atoms with Gasteiger partial charge in [-0.15, -0.1) is 35.3 Å². The third kappa shape index (κ3) is 4.37. The fourth-order valence-corrected chi connectivity index (χ4v) is 7.80. The number of hydrogen-bond donors (Lipinski definition) is 4. The van der Waals surface area contributed by atoms with Gasteiger partial charge in [0.05, 0.1) is 22.6 Å². The molecule has 168 valence electrons. The van der Waals surface area contributed by atoms with Crippen molar-refractivity contribution in [3.05, 3.63) is 29.8 Å². The van der Waals surface area contributed by atoms with Crippen molar-refractivity contribution in [2.75, 3.05) is 17.3 Å². The quantitative estimate of drug-likeness (QED) is 0.490. The van der Waals surface area contributed by atoms with Crippen molar-refractivity contribution < 1.29 is 20.1 Å². The molecule has 10 heteroatoms. The number of para-hydroxylation sites is 1. The fraction of sp³-hybridized carbons (Fsp3) is 0.571. The lowest BCUT2D eigenvalue weighted by Crippen LogP contribution is -2.51. The standard InChI is InChI=1S/C21H27N3O4S3/c1-20(2,18-24-21(3,10-31-18)19(27)28)15(26)12-8-30-17(22-12)13-9-29-16(23-13)11-6-4-5-7-14(11)25/h4-7,12-13,15,17,22,25-26H,8-10H2,1-3H3,(H,27,28)/t12?,13?,15-,17?,21-/m1/s1. The molecule has 0 aromatic heterocycles. The van der Waals surface area contributed by atoms with Crippen molar-refractivity contribution in [2.45, 2.75) is 49.9 Å². The Kier molecular flexibility index (Phi) is 6.39. The van der Waals surface area contributed by atoms with Crippen LogP contribution in [0.25, 0.3) is 0 Å². The number of aliphatic hydroxyl groups excluding tert-OH is 1. The smallest absolute Gasteiger partial charge is 0.332 e. The minimum atomic E-state index is -1.13. The Balaban J connectivity index is 1.43. The molecule has 3 heterocycles. The molecular formula is C21H27N3O4S3. The lowest BCUT2D eigenvalue weighted by atomic mass is 9.83. The zero-order valence-corrected chi connectivity index (χ0v) is 20.1. The number of phenolic OH excluding ortho intramolecular Hbond substituents is 1. The van der Waals surface area contributed by atoms with E-state index in [0.717, 1.165) is 22.1 Å². The number of carboxylic acids is 1. The fourth-order valence-electron chi connectivity index (χ4n) is 3.83. The van der Waals surface area contributed by atoms with Crippen LogP contribution in [0.2, 0.25) is 0 Å². The Morgan fingerprint density at radius 1 is 1.29 bits per heavy atom. The van der Waals surface area contributed by atoms with E-state index < -0.39 is 23.0 Å². The molecule has 1 fully saturated rings. The molecule has 3 aliphatic rings. The van der Waals surface area contributed by atoms with Gasteiger partial charge in [0.1, 0.15) is 10.8 Å². The number of aliphatic hydroxyl groups is 1. The summed E-state index contributed by atoms with van der Waals surface area (Å²) in [6, 6.07) is 7.14. The number of benzene rings is 1. The molecule has 4 N–H and O–H groups in total. The average molecular weight is 482 g/mol. The van der Waals surface area contributed by atoms with Crippen LogP contribution in [-0.2, 0) is 4.79 Å². The first-order valence-electron chi connectivity index (χ1n) is 10.1. The Labute approximate surface area is 194 Å². The molecule has 7 nitrogen and oxygen atoms in total. The highest BCUT2D eigenvalue weighted by atomic mass is 32.2. The van der Waals surface area contributed by atoms with Gasteiger partial charge in [-0.05, 0) is 19.1 Å². The molecule has 3 unspecified atom stereocenters. The summed E-state index contributed by atoms with van der Waals surface area (Å²) in [7, 11) is 0. The van der Waals surface area contributed by atoms with Gasteiger partial charge in [0, 0.05) is 34.3 Å². The maximum absolute atomic E-state index is 11.5. The van der Waals surface area contributed by atoms with Crippen LogP contribution >= 0.6 is 35.3 Å². The SMILES string of the molecule is CC(C)(C1=N[C@@](C)(C(=O)O)CS1)[C@H](O)C1CSC(C2CSC(c3ccccc3O)=N2)N1. The molecule has 31 heavy (non-hydrogen) atoms. The first kappa shape index (κ1) is 23.0. The third-order valence-electron chi connectivity index (χ3n) is 5.96. The van der Waals surface area contributed by atoms with Crippen LogP contribution < -0.4 is 5.32 Å². The molecule has 1 aromatic carbocycles. The highest BCUT2D eigenvalue weighted by Gasteiger charge is 2.48. The predicted octanol–water partition coefficient (Wildman–Crippen LogP) is 2.66. The largest absolute Gasteiger partial charge is 0.507 e. The summed E-state index contributed by atoms with van der Waals surface area (Å²) in [5.41, 5.74) is -1.03. The number of rotatable bonds is 6. The van der Waals surface area contributed by atoms with Crippen LogP contribution in [0.15, 0.2) is 34.3 Å². The molecule has 0 aliphatic carbocycles. The molecule has 0 amide bonds. The van der Waals surface area contributed by atoms with E-state index in [4.69, 9.17) is 4.99 Å². The van der Waals surface area contributed by atoms with Crippen LogP contribution in [-0.4, -0.2) is 77.7 Å². The van der Waals surface area contributed by atoms with Crippen molar-refractivity contribution in [3.63, 3.8) is 0 Å². The lowest BCUT2D eigenvalue weighted by molar-refractivity contribution is -0.141. The number of nitrogens with one attached hydrogen (secondary N) is 1. The molecule has 0 spiro atoms. The van der Waals surface area contributed by atoms with E-state index in [1.54, 1.807) is 42.6 Å². The summed E-state index contributed by atoms with van der Waals surface area (Å²) in [6.45, 7) is 5.47. The van der Waals surface area contributed by atoms with E-state index >= 15 is 0 Å². The number of aliphatic carboxylic acids is 1. The molecule has 1 aromatic rings. The molecule has 0 radical (unpaired) electrons. The highest BCUT2D eigenvalue weighted by molar-refractivity contribution is 8.15. The number of aliphatic imine (C=N–C) groups is 2. The molecule has 1 saturated heterocycles. The Morgan fingerprint density at radius 2 is 2.03 bits per heavy atom. The van der Waals surface area contributed by atoms with Crippen LogP contribution in [0.3, 0.4) is 0 Å².